The molecule has 10 rings (SSSR count). The summed E-state index contributed by atoms with van der Waals surface area (Å²) in [5.74, 6) is 1.67. The number of alkyl carbamates (subject to hydrolysis) is 1. The highest BCUT2D eigenvalue weighted by molar-refractivity contribution is 7.86. The number of hydrazone groups is 1. The number of benzene rings is 3. The maximum Gasteiger partial charge on any atom is 0.407 e. The van der Waals surface area contributed by atoms with Crippen LogP contribution in [0.2, 0.25) is 0 Å². The minimum atomic E-state index is -4.42. The number of nitrogens with one attached hydrogen (secondary N) is 10. The van der Waals surface area contributed by atoms with Crippen molar-refractivity contribution in [2.24, 2.45) is 50.3 Å². The molecule has 148 heavy (non-hydrogen) atoms. The molecule has 4 saturated carbocycles. The number of rotatable bonds is 58. The quantitative estimate of drug-likeness (QED) is 0.0127. The van der Waals surface area contributed by atoms with Crippen LogP contribution >= 0.6 is 0 Å². The van der Waals surface area contributed by atoms with E-state index in [2.05, 4.69) is 70.1 Å². The number of primary amides is 1. The molecule has 12 amide bonds. The van der Waals surface area contributed by atoms with Crippen LogP contribution in [0.25, 0.3) is 0 Å². The highest BCUT2D eigenvalue weighted by Gasteiger charge is 2.80. The fourth-order valence-electron chi connectivity index (χ4n) is 19.9. The van der Waals surface area contributed by atoms with Crippen molar-refractivity contribution in [1.82, 2.24) is 52.8 Å². The molecule has 814 valence electrons. The van der Waals surface area contributed by atoms with Crippen molar-refractivity contribution in [3.8, 4) is 11.8 Å². The van der Waals surface area contributed by atoms with Crippen molar-refractivity contribution in [1.29, 1.82) is 0 Å². The summed E-state index contributed by atoms with van der Waals surface area (Å²) in [7, 11) is -8.85. The van der Waals surface area contributed by atoms with Crippen molar-refractivity contribution < 1.29 is 140 Å². The molecule has 0 radical (unpaired) electrons. The van der Waals surface area contributed by atoms with Gasteiger partial charge < -0.3 is 113 Å². The Morgan fingerprint density at radius 1 is 0.676 bits per heavy atom. The number of anilines is 2. The molecule has 2 heterocycles. The van der Waals surface area contributed by atoms with Crippen LogP contribution in [-0.2, 0) is 124 Å². The first-order chi connectivity index (χ1) is 70.6. The van der Waals surface area contributed by atoms with Gasteiger partial charge in [-0.05, 0) is 155 Å². The van der Waals surface area contributed by atoms with E-state index < -0.39 is 225 Å². The third kappa shape index (κ3) is 33.9. The van der Waals surface area contributed by atoms with E-state index in [0.717, 1.165) is 23.6 Å². The highest BCUT2D eigenvalue weighted by atomic mass is 32.2. The third-order valence-electron chi connectivity index (χ3n) is 27.3. The van der Waals surface area contributed by atoms with E-state index in [9.17, 15) is 84.3 Å². The number of carbonyl (C=O) groups excluding carboxylic acids is 13. The van der Waals surface area contributed by atoms with E-state index in [-0.39, 0.29) is 192 Å². The van der Waals surface area contributed by atoms with Gasteiger partial charge in [0, 0.05) is 92.1 Å². The summed E-state index contributed by atoms with van der Waals surface area (Å²) < 4.78 is 145. The Morgan fingerprint density at radius 2 is 1.30 bits per heavy atom. The van der Waals surface area contributed by atoms with Crippen LogP contribution in [0.5, 0.6) is 0 Å². The van der Waals surface area contributed by atoms with Crippen molar-refractivity contribution in [2.75, 3.05) is 147 Å². The summed E-state index contributed by atoms with van der Waals surface area (Å²) in [6.45, 7) is 6.69. The van der Waals surface area contributed by atoms with E-state index >= 15 is 8.78 Å². The number of alkyl halides is 2. The molecule has 0 aromatic heterocycles. The number of aliphatic hydroxyl groups is 1. The largest absolute Gasteiger partial charge is 0.445 e. The lowest BCUT2D eigenvalue weighted by Gasteiger charge is -2.63. The van der Waals surface area contributed by atoms with E-state index in [1.54, 1.807) is 25.7 Å². The summed E-state index contributed by atoms with van der Waals surface area (Å²) in [5, 5.41) is 42.3. The van der Waals surface area contributed by atoms with E-state index in [1.165, 1.54) is 48.2 Å². The Balaban J connectivity index is 0.702. The molecule has 5 aliphatic carbocycles. The third-order valence-corrected chi connectivity index (χ3v) is 28.8. The van der Waals surface area contributed by atoms with Crippen LogP contribution in [0.3, 0.4) is 0 Å². The normalized spacial score (nSPS) is 23.4. The Morgan fingerprint density at radius 3 is 1.97 bits per heavy atom. The lowest BCUT2D eigenvalue weighted by molar-refractivity contribution is -0.233. The first kappa shape index (κ1) is 118. The maximum absolute atomic E-state index is 18.1. The molecule has 0 bridgehead atoms. The van der Waals surface area contributed by atoms with Crippen LogP contribution in [0.4, 0.5) is 29.7 Å². The lowest BCUT2D eigenvalue weighted by Crippen LogP contribution is -2.71. The summed E-state index contributed by atoms with van der Waals surface area (Å²) >= 11 is 0. The van der Waals surface area contributed by atoms with Crippen LogP contribution in [0, 0.1) is 40.4 Å². The van der Waals surface area contributed by atoms with Gasteiger partial charge in [0.2, 0.25) is 53.2 Å². The van der Waals surface area contributed by atoms with E-state index in [1.807, 2.05) is 55.5 Å². The number of unbranched alkanes of at least 4 members (excludes halogenated alkanes) is 1. The van der Waals surface area contributed by atoms with Crippen LogP contribution in [-0.4, -0.2) is 321 Å². The molecule has 17 N–H and O–H groups in total. The SMILES string of the molecule is CCCC1O[C@@H]2CC3[C@@H]4C[C@H](F)C5=CC(=O)C=C[C@]5(C)[C@@]4(F)[C@@H](O)C[C@]3(C)[C@]2(C(=O)CNC(=O)OCc2ccc(NC(=O)[C@H](CCCNC(N)=O)NC(=O)[C@@H](NC(=O)[C@@H](CCCCNC(=O)COC3CCCCCC(=NCCN(CC(=O)NCCS(=O)(=O)O)CC(=O)NCCS(=O)(=O)O)C3=NN)NC(=O)CCOCCOCCOCCOCCNC(=O)CCC(=O)N3Cc4ccccc4C#Cc4ccccc43)C(C)C)cc2)O1. The molecular weight excluding hydrogens is 1980 g/mol. The summed E-state index contributed by atoms with van der Waals surface area (Å²) in [5.41, 5.74) is 2.47. The topological polar surface area (TPSA) is 628 Å². The van der Waals surface area contributed by atoms with Crippen LogP contribution in [0.15, 0.2) is 107 Å². The van der Waals surface area contributed by atoms with E-state index in [4.69, 9.17) is 63.6 Å². The monoisotopic (exact) mass is 2110 g/mol. The van der Waals surface area contributed by atoms with Gasteiger partial charge in [-0.3, -0.25) is 71.7 Å². The molecule has 48 heteroatoms. The molecule has 5 fully saturated rings. The summed E-state index contributed by atoms with van der Waals surface area (Å²) in [6, 6.07) is 16.3. The predicted molar refractivity (Wildman–Crippen MR) is 536 cm³/mol. The van der Waals surface area contributed by atoms with Gasteiger partial charge in [0.25, 0.3) is 20.2 Å². The van der Waals surface area contributed by atoms with Gasteiger partial charge in [-0.2, -0.15) is 21.9 Å². The minimum Gasteiger partial charge on any atom is -0.445 e. The molecule has 3 aromatic rings. The first-order valence-corrected chi connectivity index (χ1v) is 53.3. The highest BCUT2D eigenvalue weighted by Crippen LogP contribution is 2.72. The van der Waals surface area contributed by atoms with Gasteiger partial charge in [-0.25, -0.2) is 18.4 Å². The zero-order chi connectivity index (χ0) is 107. The second kappa shape index (κ2) is 56.8. The molecular formula is C100H140F2N16O28S2. The zero-order valence-electron chi connectivity index (χ0n) is 84.1. The minimum absolute atomic E-state index is 0.0111. The number of amides is 12. The number of ether oxygens (including phenoxy) is 8. The maximum atomic E-state index is 18.1. The Kier molecular flexibility index (Phi) is 45.3. The molecule has 44 nitrogen and oxygen atoms in total. The zero-order valence-corrected chi connectivity index (χ0v) is 85.7. The number of aliphatic imine (C=N–C) groups is 1. The number of nitrogens with two attached hydrogens (primary N) is 2. The van der Waals surface area contributed by atoms with Gasteiger partial charge in [-0.1, -0.05) is 107 Å². The average Bonchev–Trinajstić information content (AvgIpc) is 1.47. The number of carbonyl (C=O) groups is 13. The number of fused-ring (bicyclic) bond motifs is 9. The number of ketones is 2. The second-order valence-electron chi connectivity index (χ2n) is 38.2. The number of nitrogens with zero attached hydrogens (tertiary/aromatic N) is 4. The number of hydrogen-bond donors (Lipinski definition) is 15. The van der Waals surface area contributed by atoms with Crippen molar-refractivity contribution in [2.45, 2.75) is 224 Å². The molecule has 14 atom stereocenters. The molecule has 2 aliphatic heterocycles. The second-order valence-corrected chi connectivity index (χ2v) is 41.3. The number of urea groups is 1. The molecule has 1 saturated heterocycles. The van der Waals surface area contributed by atoms with Gasteiger partial charge in [0.15, 0.2) is 29.1 Å². The molecule has 0 spiro atoms. The average molecular weight is 2120 g/mol. The fourth-order valence-corrected chi connectivity index (χ4v) is 20.6. The summed E-state index contributed by atoms with van der Waals surface area (Å²) in [4.78, 5) is 183. The molecule has 3 aromatic carbocycles. The first-order valence-electron chi connectivity index (χ1n) is 50.1. The number of para-hydroxylation sites is 1. The van der Waals surface area contributed by atoms with Crippen LogP contribution in [0.1, 0.15) is 172 Å². The predicted octanol–water partition coefficient (Wildman–Crippen LogP) is 3.19. The standard InChI is InChI=1S/C100H140F2N16O28S2/c1-6-17-89-145-82-56-71-72-55-74(101)73-54-70(119)34-36-97(73,4)99(72,102)80(120)57-98(71,5)100(82,146-89)81(121)58-111-96(132)144-62-65-26-30-69(31-27-65)112-92(128)77(23-16-38-110-95(103)131)114-94(130)90(64(2)3)115-93(129)76(113-84(123)35-44-139-46-48-141-50-51-142-49-47-140-45-40-107-83(122)32-33-88(127)118-59-68-20-11-10-18-66(68)28-29-67-19-12-13-24-78(67)118)22-14-15-37-106-87(126)63-143-79-25-9-7-8-21-75(91(79)116-104)105-39-43-117(60-85(124)108-41-52-147(133,134)135)61-86(125)109-42-53-148(136,137)138/h10-13,18-20,24,26-27,30-31,34,36,54,64,71-72,74,76-77,79-80,82,89-90,120H,6-9,14-17,21-23,25,32-33,35,37-53,55-63,104H2,1-5H3,(H,106,126)(H,107,122)(H,108,124)(H,109,125)(H,111,132)(H,112,128)(H,113,123)(H,114,130)(H,115,129)(H3,103,110,131)(H,133,134,135)(H,136,137,138)/t71?,72-,74-,76+,77-,79?,80-,82+,89?,90-,97-,98-,99-,100+/m0/s1. The fraction of sp³-hybridized carbons (Fsp3) is 0.610. The number of halogens is 2. The number of hydrogen-bond acceptors (Lipinski definition) is 30. The number of Topliss-reactive ketones (excluding diaryl/α,β-unsaturated/α-hetero) is 1. The van der Waals surface area contributed by atoms with Gasteiger partial charge in [0.05, 0.1) is 121 Å². The van der Waals surface area contributed by atoms with Crippen molar-refractivity contribution >= 4 is 120 Å². The Bertz CT molecular complexity index is 5530. The Labute approximate surface area is 859 Å². The Hall–Kier alpha value is -11.7. The molecule has 3 unspecified atom stereocenters. The van der Waals surface area contributed by atoms with Crippen molar-refractivity contribution in [3.05, 3.63) is 119 Å². The lowest BCUT2D eigenvalue weighted by atomic mass is 9.44. The van der Waals surface area contributed by atoms with Crippen LogP contribution < -0.4 is 69.6 Å². The van der Waals surface area contributed by atoms with Gasteiger partial charge in [0.1, 0.15) is 49.3 Å². The summed E-state index contributed by atoms with van der Waals surface area (Å²) in [6.07, 6.45) is -0.132. The van der Waals surface area contributed by atoms with Gasteiger partial charge in [-0.15, -0.1) is 0 Å². The number of aliphatic hydroxyl groups excluding tert-OH is 1. The number of allylic oxidation sites excluding steroid dienone is 4. The van der Waals surface area contributed by atoms with Gasteiger partial charge >= 0.3 is 12.1 Å². The smallest absolute Gasteiger partial charge is 0.407 e. The van der Waals surface area contributed by atoms with E-state index in [0.29, 0.717) is 67.6 Å². The molecule has 7 aliphatic rings. The van der Waals surface area contributed by atoms with Crippen molar-refractivity contribution in [3.63, 3.8) is 0 Å².